The number of hydrogen-bond acceptors (Lipinski definition) is 4. The Labute approximate surface area is 194 Å². The summed E-state index contributed by atoms with van der Waals surface area (Å²) in [5.41, 5.74) is 1.90. The number of carboxylic acid groups (broad SMARTS) is 1. The summed E-state index contributed by atoms with van der Waals surface area (Å²) < 4.78 is 14.2. The topological polar surface area (TPSA) is 47.0 Å². The third-order valence-electron chi connectivity index (χ3n) is 6.80. The number of hydrogen-bond donors (Lipinski definition) is 1. The molecule has 1 N–H and O–H groups in total. The third-order valence-corrected chi connectivity index (χ3v) is 7.05. The van der Waals surface area contributed by atoms with Gasteiger partial charge in [-0.05, 0) is 55.1 Å². The summed E-state index contributed by atoms with van der Waals surface area (Å²) in [6.45, 7) is 6.07. The van der Waals surface area contributed by atoms with Crippen molar-refractivity contribution in [3.05, 3.63) is 64.9 Å². The van der Waals surface area contributed by atoms with Gasteiger partial charge in [-0.15, -0.1) is 0 Å². The lowest BCUT2D eigenvalue weighted by atomic mass is 9.86. The Bertz CT molecular complexity index is 902. The van der Waals surface area contributed by atoms with E-state index < -0.39 is 5.97 Å². The molecule has 2 atom stereocenters. The van der Waals surface area contributed by atoms with E-state index in [0.29, 0.717) is 24.1 Å². The Morgan fingerprint density at radius 2 is 1.75 bits per heavy atom. The Morgan fingerprint density at radius 1 is 1.03 bits per heavy atom. The van der Waals surface area contributed by atoms with E-state index in [1.54, 1.807) is 6.07 Å². The number of likely N-dealkylation sites (tertiary alicyclic amines) is 1. The number of anilines is 1. The second kappa shape index (κ2) is 10.6. The van der Waals surface area contributed by atoms with E-state index in [4.69, 9.17) is 11.6 Å². The van der Waals surface area contributed by atoms with Gasteiger partial charge < -0.3 is 10.0 Å². The minimum Gasteiger partial charge on any atom is -0.481 e. The van der Waals surface area contributed by atoms with Gasteiger partial charge in [0.2, 0.25) is 0 Å². The molecule has 0 radical (unpaired) electrons. The van der Waals surface area contributed by atoms with Crippen molar-refractivity contribution in [3.8, 4) is 0 Å². The van der Waals surface area contributed by atoms with Crippen molar-refractivity contribution in [1.29, 1.82) is 0 Å². The van der Waals surface area contributed by atoms with E-state index in [9.17, 15) is 14.3 Å². The molecule has 32 heavy (non-hydrogen) atoms. The highest BCUT2D eigenvalue weighted by molar-refractivity contribution is 6.30. The molecule has 2 aliphatic heterocycles. The molecule has 4 rings (SSSR count). The molecule has 2 fully saturated rings. The fraction of sp³-hybridized carbons (Fsp3) is 0.480. The highest BCUT2D eigenvalue weighted by atomic mass is 35.5. The van der Waals surface area contributed by atoms with Crippen LogP contribution in [0.3, 0.4) is 0 Å². The first-order valence-corrected chi connectivity index (χ1v) is 11.8. The van der Waals surface area contributed by atoms with Gasteiger partial charge >= 0.3 is 5.97 Å². The zero-order valence-corrected chi connectivity index (χ0v) is 19.1. The molecular formula is C25H31ClFN3O2. The van der Waals surface area contributed by atoms with E-state index in [1.807, 2.05) is 24.3 Å². The Morgan fingerprint density at radius 3 is 2.44 bits per heavy atom. The number of piperazine rings is 1. The molecule has 172 valence electrons. The first-order chi connectivity index (χ1) is 15.5. The van der Waals surface area contributed by atoms with Gasteiger partial charge in [0.05, 0.1) is 5.69 Å². The van der Waals surface area contributed by atoms with Crippen molar-refractivity contribution in [2.75, 3.05) is 44.2 Å². The normalized spacial score (nSPS) is 22.8. The zero-order valence-electron chi connectivity index (χ0n) is 18.3. The molecule has 2 aromatic carbocycles. The van der Waals surface area contributed by atoms with Crippen molar-refractivity contribution >= 4 is 23.3 Å². The van der Waals surface area contributed by atoms with E-state index in [2.05, 4.69) is 26.8 Å². The largest absolute Gasteiger partial charge is 0.481 e. The molecule has 0 aromatic heterocycles. The van der Waals surface area contributed by atoms with Crippen LogP contribution in [0.4, 0.5) is 10.1 Å². The summed E-state index contributed by atoms with van der Waals surface area (Å²) in [6, 6.07) is 15.3. The lowest BCUT2D eigenvalue weighted by Crippen LogP contribution is -2.56. The lowest BCUT2D eigenvalue weighted by molar-refractivity contribution is -0.137. The monoisotopic (exact) mass is 459 g/mol. The molecule has 7 heteroatoms. The standard InChI is InChI=1S/C25H31ClFN3O2/c26-21-8-5-19(6-9-21)17-28-12-11-23(20(18-28)7-10-25(31)32)29-13-15-30(16-14-29)24-4-2-1-3-22(24)27/h1-6,8-9,20,23H,7,10-18H2,(H,31,32)/t20-,23+/m1/s1. The van der Waals surface area contributed by atoms with Crippen molar-refractivity contribution in [3.63, 3.8) is 0 Å². The Hall–Kier alpha value is -2.15. The number of carboxylic acids is 1. The molecule has 5 nitrogen and oxygen atoms in total. The van der Waals surface area contributed by atoms with Crippen LogP contribution in [0.5, 0.6) is 0 Å². The zero-order chi connectivity index (χ0) is 22.5. The highest BCUT2D eigenvalue weighted by Gasteiger charge is 2.35. The van der Waals surface area contributed by atoms with Gasteiger partial charge in [-0.1, -0.05) is 35.9 Å². The summed E-state index contributed by atoms with van der Waals surface area (Å²) in [7, 11) is 0. The maximum absolute atomic E-state index is 14.2. The number of nitrogens with zero attached hydrogens (tertiary/aromatic N) is 3. The fourth-order valence-electron chi connectivity index (χ4n) is 5.16. The van der Waals surface area contributed by atoms with Crippen LogP contribution in [0.15, 0.2) is 48.5 Å². The number of benzene rings is 2. The van der Waals surface area contributed by atoms with Crippen LogP contribution < -0.4 is 4.90 Å². The Balaban J connectivity index is 1.38. The number of rotatable bonds is 7. The predicted molar refractivity (Wildman–Crippen MR) is 126 cm³/mol. The fourth-order valence-corrected chi connectivity index (χ4v) is 5.29. The SMILES string of the molecule is O=C(O)CC[C@@H]1CN(Cc2ccc(Cl)cc2)CC[C@@H]1N1CCN(c2ccccc2F)CC1. The molecule has 0 aliphatic carbocycles. The molecule has 2 aliphatic rings. The van der Waals surface area contributed by atoms with Crippen LogP contribution in [0.25, 0.3) is 0 Å². The van der Waals surface area contributed by atoms with Crippen LogP contribution in [-0.2, 0) is 11.3 Å². The van der Waals surface area contributed by atoms with Crippen molar-refractivity contribution < 1.29 is 14.3 Å². The van der Waals surface area contributed by atoms with Crippen molar-refractivity contribution in [2.24, 2.45) is 5.92 Å². The summed E-state index contributed by atoms with van der Waals surface area (Å²) >= 11 is 6.01. The maximum atomic E-state index is 14.2. The second-order valence-corrected chi connectivity index (χ2v) is 9.32. The minimum atomic E-state index is -0.733. The maximum Gasteiger partial charge on any atom is 0.303 e. The van der Waals surface area contributed by atoms with Gasteiger partial charge in [0.25, 0.3) is 0 Å². The predicted octanol–water partition coefficient (Wildman–Crippen LogP) is 4.36. The molecule has 0 amide bonds. The smallest absolute Gasteiger partial charge is 0.303 e. The Kier molecular flexibility index (Phi) is 7.66. The van der Waals surface area contributed by atoms with E-state index >= 15 is 0 Å². The van der Waals surface area contributed by atoms with Gasteiger partial charge in [-0.3, -0.25) is 14.6 Å². The summed E-state index contributed by atoms with van der Waals surface area (Å²) in [5, 5.41) is 10.0. The van der Waals surface area contributed by atoms with Crippen molar-refractivity contribution in [1.82, 2.24) is 9.80 Å². The van der Waals surface area contributed by atoms with Crippen LogP contribution in [-0.4, -0.2) is 66.2 Å². The molecule has 2 saturated heterocycles. The average Bonchev–Trinajstić information content (AvgIpc) is 2.80. The molecule has 2 aromatic rings. The van der Waals surface area contributed by atoms with E-state index in [-0.39, 0.29) is 12.2 Å². The molecule has 2 heterocycles. The second-order valence-electron chi connectivity index (χ2n) is 8.88. The molecular weight excluding hydrogens is 429 g/mol. The number of carbonyl (C=O) groups is 1. The van der Waals surface area contributed by atoms with Crippen LogP contribution in [0.1, 0.15) is 24.8 Å². The average molecular weight is 460 g/mol. The summed E-state index contributed by atoms with van der Waals surface area (Å²) in [5.74, 6) is -0.592. The van der Waals surface area contributed by atoms with Gasteiger partial charge in [-0.25, -0.2) is 4.39 Å². The first kappa shape index (κ1) is 23.0. The van der Waals surface area contributed by atoms with Crippen LogP contribution in [0, 0.1) is 11.7 Å². The number of halogens is 2. The van der Waals surface area contributed by atoms with Gasteiger partial charge in [0.15, 0.2) is 0 Å². The summed E-state index contributed by atoms with van der Waals surface area (Å²) in [4.78, 5) is 18.3. The van der Waals surface area contributed by atoms with Gasteiger partial charge in [0, 0.05) is 56.8 Å². The molecule has 0 saturated carbocycles. The van der Waals surface area contributed by atoms with E-state index in [0.717, 1.165) is 57.3 Å². The molecule has 0 unspecified atom stereocenters. The van der Waals surface area contributed by atoms with E-state index in [1.165, 1.54) is 11.6 Å². The van der Waals surface area contributed by atoms with Gasteiger partial charge in [-0.2, -0.15) is 0 Å². The van der Waals surface area contributed by atoms with Crippen LogP contribution >= 0.6 is 11.6 Å². The molecule has 0 spiro atoms. The highest BCUT2D eigenvalue weighted by Crippen LogP contribution is 2.29. The quantitative estimate of drug-likeness (QED) is 0.666. The summed E-state index contributed by atoms with van der Waals surface area (Å²) in [6.07, 6.45) is 1.91. The third kappa shape index (κ3) is 5.80. The van der Waals surface area contributed by atoms with Crippen LogP contribution in [0.2, 0.25) is 5.02 Å². The lowest BCUT2D eigenvalue weighted by Gasteiger charge is -2.47. The number of piperidine rings is 1. The van der Waals surface area contributed by atoms with Crippen molar-refractivity contribution in [2.45, 2.75) is 31.8 Å². The first-order valence-electron chi connectivity index (χ1n) is 11.4. The number of para-hydroxylation sites is 1. The van der Waals surface area contributed by atoms with Gasteiger partial charge in [0.1, 0.15) is 5.82 Å². The number of aliphatic carboxylic acids is 1. The molecule has 0 bridgehead atoms. The minimum absolute atomic E-state index is 0.171.